The number of halogens is 1. The number of nitrogens with zero attached hydrogens (tertiary/aromatic N) is 2. The maximum absolute atomic E-state index is 13.0. The Labute approximate surface area is 116 Å². The number of benzene rings is 1. The van der Waals surface area contributed by atoms with E-state index in [2.05, 4.69) is 10.4 Å². The number of hydrogen-bond acceptors (Lipinski definition) is 3. The first-order valence-corrected chi connectivity index (χ1v) is 6.38. The average Bonchev–Trinajstić information content (AvgIpc) is 2.80. The summed E-state index contributed by atoms with van der Waals surface area (Å²) in [6, 6.07) is 4.13. The molecule has 0 fully saturated rings. The van der Waals surface area contributed by atoms with Crippen molar-refractivity contribution in [2.75, 3.05) is 11.1 Å². The Balaban J connectivity index is 1.79. The predicted molar refractivity (Wildman–Crippen MR) is 75.6 cm³/mol. The number of aromatic nitrogens is 2. The number of amides is 1. The SMILES string of the molecule is Cc1cnn(CCCC(=O)Nc2ccc(F)c(N)c2)c1. The zero-order valence-electron chi connectivity index (χ0n) is 11.3. The summed E-state index contributed by atoms with van der Waals surface area (Å²) in [7, 11) is 0. The van der Waals surface area contributed by atoms with E-state index in [1.807, 2.05) is 13.1 Å². The summed E-state index contributed by atoms with van der Waals surface area (Å²) in [6.45, 7) is 2.65. The third kappa shape index (κ3) is 3.81. The lowest BCUT2D eigenvalue weighted by molar-refractivity contribution is -0.116. The second-order valence-corrected chi connectivity index (χ2v) is 4.67. The first kappa shape index (κ1) is 14.0. The van der Waals surface area contributed by atoms with Crippen molar-refractivity contribution in [3.8, 4) is 0 Å². The fourth-order valence-corrected chi connectivity index (χ4v) is 1.84. The molecule has 0 spiro atoms. The predicted octanol–water partition coefficient (Wildman–Crippen LogP) is 2.33. The van der Waals surface area contributed by atoms with Crippen LogP contribution in [0.25, 0.3) is 0 Å². The topological polar surface area (TPSA) is 72.9 Å². The van der Waals surface area contributed by atoms with Crippen molar-refractivity contribution < 1.29 is 9.18 Å². The fraction of sp³-hybridized carbons (Fsp3) is 0.286. The quantitative estimate of drug-likeness (QED) is 0.823. The fourth-order valence-electron chi connectivity index (χ4n) is 1.84. The maximum atomic E-state index is 13.0. The highest BCUT2D eigenvalue weighted by atomic mass is 19.1. The van der Waals surface area contributed by atoms with Crippen LogP contribution in [0, 0.1) is 12.7 Å². The zero-order chi connectivity index (χ0) is 14.5. The standard InChI is InChI=1S/C14H17FN4O/c1-10-8-17-19(9-10)6-2-3-14(20)18-11-4-5-12(15)13(16)7-11/h4-5,7-9H,2-3,6,16H2,1H3,(H,18,20). The number of nitrogens with two attached hydrogens (primary N) is 1. The molecular weight excluding hydrogens is 259 g/mol. The van der Waals surface area contributed by atoms with Crippen LogP contribution in [0.2, 0.25) is 0 Å². The number of nitrogens with one attached hydrogen (secondary N) is 1. The molecule has 1 amide bonds. The van der Waals surface area contributed by atoms with Crippen LogP contribution in [0.3, 0.4) is 0 Å². The van der Waals surface area contributed by atoms with E-state index in [9.17, 15) is 9.18 Å². The normalized spacial score (nSPS) is 10.5. The molecule has 0 bridgehead atoms. The van der Waals surface area contributed by atoms with E-state index in [1.165, 1.54) is 18.2 Å². The van der Waals surface area contributed by atoms with Gasteiger partial charge in [-0.25, -0.2) is 4.39 Å². The third-order valence-corrected chi connectivity index (χ3v) is 2.83. The molecule has 0 saturated heterocycles. The van der Waals surface area contributed by atoms with Crippen molar-refractivity contribution in [3.63, 3.8) is 0 Å². The van der Waals surface area contributed by atoms with Crippen LogP contribution in [0.5, 0.6) is 0 Å². The van der Waals surface area contributed by atoms with Gasteiger partial charge in [0.05, 0.1) is 11.9 Å². The van der Waals surface area contributed by atoms with Gasteiger partial charge in [-0.2, -0.15) is 5.10 Å². The van der Waals surface area contributed by atoms with Crippen molar-refractivity contribution in [1.82, 2.24) is 9.78 Å². The lowest BCUT2D eigenvalue weighted by Crippen LogP contribution is -2.13. The van der Waals surface area contributed by atoms with Crippen LogP contribution in [-0.2, 0) is 11.3 Å². The smallest absolute Gasteiger partial charge is 0.224 e. The molecule has 106 valence electrons. The molecule has 0 saturated carbocycles. The third-order valence-electron chi connectivity index (χ3n) is 2.83. The molecule has 0 aliphatic rings. The van der Waals surface area contributed by atoms with Gasteiger partial charge in [-0.15, -0.1) is 0 Å². The Morgan fingerprint density at radius 1 is 1.50 bits per heavy atom. The van der Waals surface area contributed by atoms with Gasteiger partial charge in [0.1, 0.15) is 5.82 Å². The minimum Gasteiger partial charge on any atom is -0.396 e. The number of carbonyl (C=O) groups is 1. The van der Waals surface area contributed by atoms with Gasteiger partial charge in [0, 0.05) is 24.8 Å². The molecule has 3 N–H and O–H groups in total. The van der Waals surface area contributed by atoms with Crippen LogP contribution in [0.1, 0.15) is 18.4 Å². The van der Waals surface area contributed by atoms with E-state index in [4.69, 9.17) is 5.73 Å². The van der Waals surface area contributed by atoms with E-state index in [1.54, 1.807) is 10.9 Å². The largest absolute Gasteiger partial charge is 0.396 e. The Kier molecular flexibility index (Phi) is 4.34. The number of aryl methyl sites for hydroxylation is 2. The van der Waals surface area contributed by atoms with Crippen molar-refractivity contribution >= 4 is 17.3 Å². The number of carbonyl (C=O) groups excluding carboxylic acids is 1. The van der Waals surface area contributed by atoms with Gasteiger partial charge in [0.25, 0.3) is 0 Å². The Morgan fingerprint density at radius 3 is 2.95 bits per heavy atom. The van der Waals surface area contributed by atoms with Crippen molar-refractivity contribution in [2.45, 2.75) is 26.3 Å². The van der Waals surface area contributed by atoms with Crippen molar-refractivity contribution in [3.05, 3.63) is 42.0 Å². The van der Waals surface area contributed by atoms with Gasteiger partial charge in [0.2, 0.25) is 5.91 Å². The minimum atomic E-state index is -0.489. The molecule has 0 atom stereocenters. The van der Waals surface area contributed by atoms with Gasteiger partial charge in [-0.1, -0.05) is 0 Å². The van der Waals surface area contributed by atoms with Crippen molar-refractivity contribution in [1.29, 1.82) is 0 Å². The highest BCUT2D eigenvalue weighted by Gasteiger charge is 2.05. The van der Waals surface area contributed by atoms with E-state index < -0.39 is 5.82 Å². The molecule has 0 aliphatic carbocycles. The maximum Gasteiger partial charge on any atom is 0.224 e. The number of hydrogen-bond donors (Lipinski definition) is 2. The summed E-state index contributed by atoms with van der Waals surface area (Å²) < 4.78 is 14.8. The molecule has 2 aromatic rings. The van der Waals surface area contributed by atoms with Crippen LogP contribution in [0.15, 0.2) is 30.6 Å². The van der Waals surface area contributed by atoms with E-state index in [0.717, 1.165) is 5.56 Å². The van der Waals surface area contributed by atoms with Gasteiger partial charge in [-0.3, -0.25) is 9.48 Å². The van der Waals surface area contributed by atoms with E-state index >= 15 is 0 Å². The Morgan fingerprint density at radius 2 is 2.30 bits per heavy atom. The second-order valence-electron chi connectivity index (χ2n) is 4.67. The summed E-state index contributed by atoms with van der Waals surface area (Å²) in [5, 5.41) is 6.83. The second kappa shape index (κ2) is 6.18. The molecule has 0 aliphatic heterocycles. The van der Waals surface area contributed by atoms with Gasteiger partial charge >= 0.3 is 0 Å². The minimum absolute atomic E-state index is 0.0230. The highest BCUT2D eigenvalue weighted by molar-refractivity contribution is 5.91. The van der Waals surface area contributed by atoms with Gasteiger partial charge < -0.3 is 11.1 Å². The summed E-state index contributed by atoms with van der Waals surface area (Å²) in [4.78, 5) is 11.7. The van der Waals surface area contributed by atoms with E-state index in [0.29, 0.717) is 25.1 Å². The average molecular weight is 276 g/mol. The van der Waals surface area contributed by atoms with Gasteiger partial charge in [-0.05, 0) is 37.1 Å². The molecule has 2 rings (SSSR count). The number of rotatable bonds is 5. The molecular formula is C14H17FN4O. The molecule has 5 nitrogen and oxygen atoms in total. The van der Waals surface area contributed by atoms with Crippen LogP contribution in [-0.4, -0.2) is 15.7 Å². The highest BCUT2D eigenvalue weighted by Crippen LogP contribution is 2.16. The first-order valence-electron chi connectivity index (χ1n) is 6.38. The lowest BCUT2D eigenvalue weighted by Gasteiger charge is -2.06. The monoisotopic (exact) mass is 276 g/mol. The van der Waals surface area contributed by atoms with Crippen molar-refractivity contribution in [2.24, 2.45) is 0 Å². The summed E-state index contributed by atoms with van der Waals surface area (Å²) in [5.74, 6) is -0.614. The van der Waals surface area contributed by atoms with Gasteiger partial charge in [0.15, 0.2) is 0 Å². The number of nitrogen functional groups attached to an aromatic ring is 1. The molecule has 0 unspecified atom stereocenters. The molecule has 0 radical (unpaired) electrons. The summed E-state index contributed by atoms with van der Waals surface area (Å²) in [6.07, 6.45) is 4.76. The lowest BCUT2D eigenvalue weighted by atomic mass is 10.2. The van der Waals surface area contributed by atoms with E-state index in [-0.39, 0.29) is 11.6 Å². The molecule has 1 aromatic carbocycles. The summed E-state index contributed by atoms with van der Waals surface area (Å²) in [5.41, 5.74) is 7.06. The summed E-state index contributed by atoms with van der Waals surface area (Å²) >= 11 is 0. The molecule has 20 heavy (non-hydrogen) atoms. The first-order chi connectivity index (χ1) is 9.54. The molecule has 1 heterocycles. The molecule has 6 heteroatoms. The van der Waals surface area contributed by atoms with Crippen LogP contribution >= 0.6 is 0 Å². The Hall–Kier alpha value is -2.37. The molecule has 1 aromatic heterocycles. The number of anilines is 2. The zero-order valence-corrected chi connectivity index (χ0v) is 11.3. The van der Waals surface area contributed by atoms with Crippen LogP contribution < -0.4 is 11.1 Å². The Bertz CT molecular complexity index is 609. The van der Waals surface area contributed by atoms with Crippen LogP contribution in [0.4, 0.5) is 15.8 Å².